The highest BCUT2D eigenvalue weighted by Gasteiger charge is 2.24. The standard InChI is InChI=1S/C13H14O8/c14-8-3-1-7(5-9(8)15)2-4-11(17)21-6-10(16)12(18)13(19)20/h1-5,10,12,14-16,18H,6H2,(H,19,20)/b4-2+/t10-,12-/m1/s1. The van der Waals surface area contributed by atoms with E-state index >= 15 is 0 Å². The number of aromatic hydroxyl groups is 2. The first-order valence-electron chi connectivity index (χ1n) is 5.77. The van der Waals surface area contributed by atoms with E-state index in [1.807, 2.05) is 0 Å². The van der Waals surface area contributed by atoms with Gasteiger partial charge in [0.2, 0.25) is 0 Å². The van der Waals surface area contributed by atoms with E-state index in [0.29, 0.717) is 5.56 Å². The number of benzene rings is 1. The van der Waals surface area contributed by atoms with E-state index in [9.17, 15) is 19.8 Å². The molecule has 0 radical (unpaired) electrons. The first-order chi connectivity index (χ1) is 9.81. The van der Waals surface area contributed by atoms with Crippen LogP contribution in [0.5, 0.6) is 11.5 Å². The molecule has 0 amide bonds. The van der Waals surface area contributed by atoms with Gasteiger partial charge in [-0.15, -0.1) is 0 Å². The van der Waals surface area contributed by atoms with Gasteiger partial charge in [-0.2, -0.15) is 0 Å². The Kier molecular flexibility index (Phi) is 5.70. The molecule has 114 valence electrons. The monoisotopic (exact) mass is 298 g/mol. The van der Waals surface area contributed by atoms with Crippen molar-refractivity contribution in [1.82, 2.24) is 0 Å². The summed E-state index contributed by atoms with van der Waals surface area (Å²) in [5.74, 6) is -3.17. The molecule has 0 unspecified atom stereocenters. The van der Waals surface area contributed by atoms with E-state index in [4.69, 9.17) is 15.3 Å². The Morgan fingerprint density at radius 3 is 2.43 bits per heavy atom. The van der Waals surface area contributed by atoms with Crippen LogP contribution < -0.4 is 0 Å². The molecule has 1 aromatic carbocycles. The van der Waals surface area contributed by atoms with E-state index in [0.717, 1.165) is 6.08 Å². The third-order valence-corrected chi connectivity index (χ3v) is 2.43. The summed E-state index contributed by atoms with van der Waals surface area (Å²) in [6.45, 7) is -0.683. The maximum atomic E-state index is 11.3. The zero-order valence-corrected chi connectivity index (χ0v) is 10.7. The van der Waals surface area contributed by atoms with Crippen LogP contribution in [0.15, 0.2) is 24.3 Å². The van der Waals surface area contributed by atoms with Gasteiger partial charge in [0.15, 0.2) is 17.6 Å². The highest BCUT2D eigenvalue weighted by atomic mass is 16.5. The lowest BCUT2D eigenvalue weighted by molar-refractivity contribution is -0.159. The number of esters is 1. The van der Waals surface area contributed by atoms with E-state index in [2.05, 4.69) is 4.74 Å². The molecule has 0 spiro atoms. The van der Waals surface area contributed by atoms with Gasteiger partial charge in [0.05, 0.1) is 0 Å². The topological polar surface area (TPSA) is 145 Å². The Morgan fingerprint density at radius 2 is 1.86 bits per heavy atom. The summed E-state index contributed by atoms with van der Waals surface area (Å²) in [5, 5.41) is 44.9. The van der Waals surface area contributed by atoms with Crippen LogP contribution in [0, 0.1) is 0 Å². The second-order valence-electron chi connectivity index (χ2n) is 4.06. The lowest BCUT2D eigenvalue weighted by atomic mass is 10.2. The fourth-order valence-electron chi connectivity index (χ4n) is 1.28. The minimum absolute atomic E-state index is 0.305. The quantitative estimate of drug-likeness (QED) is 0.267. The molecule has 8 heteroatoms. The lowest BCUT2D eigenvalue weighted by Crippen LogP contribution is -2.37. The van der Waals surface area contributed by atoms with Gasteiger partial charge in [-0.3, -0.25) is 0 Å². The van der Waals surface area contributed by atoms with Crippen LogP contribution in [-0.2, 0) is 14.3 Å². The molecular formula is C13H14O8. The van der Waals surface area contributed by atoms with Crippen molar-refractivity contribution in [3.8, 4) is 11.5 Å². The molecule has 1 aromatic rings. The molecule has 0 heterocycles. The van der Waals surface area contributed by atoms with Crippen LogP contribution >= 0.6 is 0 Å². The summed E-state index contributed by atoms with van der Waals surface area (Å²) in [7, 11) is 0. The lowest BCUT2D eigenvalue weighted by Gasteiger charge is -2.13. The SMILES string of the molecule is O=C(/C=C/c1ccc(O)c(O)c1)OC[C@@H](O)[C@@H](O)C(=O)O. The summed E-state index contributed by atoms with van der Waals surface area (Å²) >= 11 is 0. The number of aliphatic carboxylic acids is 1. The Bertz CT molecular complexity index is 551. The second kappa shape index (κ2) is 7.27. The van der Waals surface area contributed by atoms with Crippen LogP contribution in [0.2, 0.25) is 0 Å². The number of hydrogen-bond donors (Lipinski definition) is 5. The molecule has 5 N–H and O–H groups in total. The van der Waals surface area contributed by atoms with Gasteiger partial charge in [0.25, 0.3) is 0 Å². The predicted molar refractivity (Wildman–Crippen MR) is 69.4 cm³/mol. The van der Waals surface area contributed by atoms with Gasteiger partial charge in [0, 0.05) is 6.08 Å². The number of carboxylic acid groups (broad SMARTS) is 1. The smallest absolute Gasteiger partial charge is 0.335 e. The molecule has 0 fully saturated rings. The number of hydrogen-bond acceptors (Lipinski definition) is 7. The fourth-order valence-corrected chi connectivity index (χ4v) is 1.28. The van der Waals surface area contributed by atoms with Gasteiger partial charge < -0.3 is 30.3 Å². The van der Waals surface area contributed by atoms with Crippen LogP contribution in [0.1, 0.15) is 5.56 Å². The molecule has 0 saturated heterocycles. The van der Waals surface area contributed by atoms with Gasteiger partial charge in [-0.25, -0.2) is 9.59 Å². The molecule has 1 rings (SSSR count). The van der Waals surface area contributed by atoms with Crippen molar-refractivity contribution in [3.05, 3.63) is 29.8 Å². The molecule has 0 aliphatic carbocycles. The van der Waals surface area contributed by atoms with Crippen molar-refractivity contribution >= 4 is 18.0 Å². The molecule has 0 aliphatic rings. The molecule has 0 aliphatic heterocycles. The van der Waals surface area contributed by atoms with Crippen LogP contribution in [0.25, 0.3) is 6.08 Å². The summed E-state index contributed by atoms with van der Waals surface area (Å²) in [4.78, 5) is 21.7. The molecule has 0 saturated carbocycles. The molecule has 0 aromatic heterocycles. The number of aliphatic hydroxyl groups is 2. The van der Waals surface area contributed by atoms with Gasteiger partial charge in [0.1, 0.15) is 12.7 Å². The maximum Gasteiger partial charge on any atom is 0.335 e. The first-order valence-corrected chi connectivity index (χ1v) is 5.77. The highest BCUT2D eigenvalue weighted by molar-refractivity contribution is 5.87. The maximum absolute atomic E-state index is 11.3. The van der Waals surface area contributed by atoms with Crippen LogP contribution in [0.3, 0.4) is 0 Å². The number of rotatable bonds is 6. The Morgan fingerprint density at radius 1 is 1.19 bits per heavy atom. The molecule has 2 atom stereocenters. The summed E-state index contributed by atoms with van der Waals surface area (Å²) in [6.07, 6.45) is -1.53. The molecule has 8 nitrogen and oxygen atoms in total. The number of phenolic OH excluding ortho intramolecular Hbond substituents is 2. The van der Waals surface area contributed by atoms with E-state index in [-0.39, 0.29) is 11.5 Å². The molecule has 21 heavy (non-hydrogen) atoms. The van der Waals surface area contributed by atoms with Crippen molar-refractivity contribution in [2.75, 3.05) is 6.61 Å². The largest absolute Gasteiger partial charge is 0.504 e. The van der Waals surface area contributed by atoms with Crippen molar-refractivity contribution in [1.29, 1.82) is 0 Å². The van der Waals surface area contributed by atoms with Gasteiger partial charge in [-0.05, 0) is 23.8 Å². The van der Waals surface area contributed by atoms with Crippen molar-refractivity contribution in [2.24, 2.45) is 0 Å². The third kappa shape index (κ3) is 5.13. The van der Waals surface area contributed by atoms with Crippen LogP contribution in [0.4, 0.5) is 0 Å². The summed E-state index contributed by atoms with van der Waals surface area (Å²) < 4.78 is 4.54. The second-order valence-corrected chi connectivity index (χ2v) is 4.06. The summed E-state index contributed by atoms with van der Waals surface area (Å²) in [5.41, 5.74) is 0.411. The predicted octanol–water partition coefficient (Wildman–Crippen LogP) is -0.539. The van der Waals surface area contributed by atoms with E-state index in [1.165, 1.54) is 24.3 Å². The van der Waals surface area contributed by atoms with E-state index in [1.54, 1.807) is 0 Å². The van der Waals surface area contributed by atoms with Crippen LogP contribution in [-0.4, -0.2) is 56.3 Å². The van der Waals surface area contributed by atoms with Gasteiger partial charge >= 0.3 is 11.9 Å². The number of phenols is 2. The first kappa shape index (κ1) is 16.5. The number of carbonyl (C=O) groups excluding carboxylic acids is 1. The number of carbonyl (C=O) groups is 2. The Hall–Kier alpha value is -2.58. The normalized spacial score (nSPS) is 13.8. The van der Waals surface area contributed by atoms with Gasteiger partial charge in [-0.1, -0.05) is 6.07 Å². The van der Waals surface area contributed by atoms with E-state index < -0.39 is 30.8 Å². The fraction of sp³-hybridized carbons (Fsp3) is 0.231. The zero-order chi connectivity index (χ0) is 16.0. The number of ether oxygens (including phenoxy) is 1. The Balaban J connectivity index is 2.51. The molecule has 0 bridgehead atoms. The van der Waals surface area contributed by atoms with Crippen molar-refractivity contribution in [3.63, 3.8) is 0 Å². The minimum Gasteiger partial charge on any atom is -0.504 e. The average Bonchev–Trinajstić information content (AvgIpc) is 2.44. The molecular weight excluding hydrogens is 284 g/mol. The summed E-state index contributed by atoms with van der Waals surface area (Å²) in [6, 6.07) is 3.87. The van der Waals surface area contributed by atoms with Crippen molar-refractivity contribution in [2.45, 2.75) is 12.2 Å². The third-order valence-electron chi connectivity index (χ3n) is 2.43. The number of aliphatic hydroxyl groups excluding tert-OH is 2. The number of carboxylic acids is 1. The zero-order valence-electron chi connectivity index (χ0n) is 10.7. The highest BCUT2D eigenvalue weighted by Crippen LogP contribution is 2.25. The Labute approximate surface area is 119 Å². The average molecular weight is 298 g/mol. The van der Waals surface area contributed by atoms with Crippen molar-refractivity contribution < 1.29 is 39.9 Å². The minimum atomic E-state index is -2.05.